The van der Waals surface area contributed by atoms with Crippen LogP contribution in [0.15, 0.2) is 64.0 Å². The van der Waals surface area contributed by atoms with Crippen LogP contribution >= 0.6 is 27.7 Å². The number of carbonyl (C=O) groups excluding carboxylic acids is 3. The topological polar surface area (TPSA) is 81.7 Å². The first-order chi connectivity index (χ1) is 13.9. The van der Waals surface area contributed by atoms with Gasteiger partial charge in [-0.25, -0.2) is 0 Å². The van der Waals surface area contributed by atoms with E-state index in [4.69, 9.17) is 9.47 Å². The number of rotatable bonds is 6. The number of ketones is 1. The zero-order chi connectivity index (χ0) is 20.8. The van der Waals surface area contributed by atoms with Gasteiger partial charge in [-0.05, 0) is 36.4 Å². The van der Waals surface area contributed by atoms with Gasteiger partial charge in [-0.2, -0.15) is 0 Å². The number of ether oxygens (including phenoxy) is 2. The summed E-state index contributed by atoms with van der Waals surface area (Å²) in [6, 6.07) is 16.3. The maximum Gasteiger partial charge on any atom is 0.302 e. The lowest BCUT2D eigenvalue weighted by Gasteiger charge is -2.35. The molecular formula is C21H20BrNO5S. The molecule has 1 unspecified atom stereocenters. The van der Waals surface area contributed by atoms with Crippen LogP contribution in [0, 0.1) is 0 Å². The number of Topliss-reactive ketones (excluding diaryl/α,β-unsaturated/α-hetero) is 1. The summed E-state index contributed by atoms with van der Waals surface area (Å²) in [4.78, 5) is 37.3. The number of hydrogen-bond acceptors (Lipinski definition) is 6. The largest absolute Gasteiger partial charge is 0.463 e. The van der Waals surface area contributed by atoms with Gasteiger partial charge in [-0.3, -0.25) is 14.4 Å². The Morgan fingerprint density at radius 3 is 2.52 bits per heavy atom. The van der Waals surface area contributed by atoms with Crippen LogP contribution in [0.2, 0.25) is 0 Å². The fourth-order valence-corrected chi connectivity index (χ4v) is 4.28. The number of nitrogens with one attached hydrogen (secondary N) is 1. The molecule has 3 atom stereocenters. The molecule has 1 saturated heterocycles. The summed E-state index contributed by atoms with van der Waals surface area (Å²) in [6.07, 6.45) is -1.43. The molecule has 0 radical (unpaired) electrons. The standard InChI is InChI=1S/C21H20BrNO5S/c1-13(24)27-12-18-19(29-16-9-7-15(22)8-10-16)11-17(25)21(28-18)23-20(26)14-5-3-2-4-6-14/h2-10,18-19,21H,11-12H2,1H3,(H,23,26)/t18-,19?,21-/m1/s1. The summed E-state index contributed by atoms with van der Waals surface area (Å²) < 4.78 is 12.0. The highest BCUT2D eigenvalue weighted by atomic mass is 79.9. The molecule has 0 aliphatic carbocycles. The molecule has 0 saturated carbocycles. The van der Waals surface area contributed by atoms with E-state index in [0.717, 1.165) is 9.37 Å². The van der Waals surface area contributed by atoms with Gasteiger partial charge in [-0.15, -0.1) is 11.8 Å². The number of halogens is 1. The molecule has 0 bridgehead atoms. The molecule has 1 aliphatic rings. The highest BCUT2D eigenvalue weighted by molar-refractivity contribution is 9.10. The first-order valence-corrected chi connectivity index (χ1v) is 10.7. The van der Waals surface area contributed by atoms with Gasteiger partial charge in [0, 0.05) is 33.5 Å². The lowest BCUT2D eigenvalue weighted by molar-refractivity contribution is -0.156. The highest BCUT2D eigenvalue weighted by Crippen LogP contribution is 2.33. The molecule has 6 nitrogen and oxygen atoms in total. The van der Waals surface area contributed by atoms with E-state index in [-0.39, 0.29) is 24.1 Å². The Morgan fingerprint density at radius 1 is 1.17 bits per heavy atom. The van der Waals surface area contributed by atoms with Crippen molar-refractivity contribution in [2.75, 3.05) is 6.61 Å². The van der Waals surface area contributed by atoms with Gasteiger partial charge >= 0.3 is 5.97 Å². The first-order valence-electron chi connectivity index (χ1n) is 9.02. The zero-order valence-electron chi connectivity index (χ0n) is 15.7. The van der Waals surface area contributed by atoms with Crippen LogP contribution in [-0.2, 0) is 19.1 Å². The van der Waals surface area contributed by atoms with Crippen molar-refractivity contribution in [2.24, 2.45) is 0 Å². The van der Waals surface area contributed by atoms with E-state index in [9.17, 15) is 14.4 Å². The third kappa shape index (κ3) is 6.16. The van der Waals surface area contributed by atoms with Crippen molar-refractivity contribution in [1.29, 1.82) is 0 Å². The summed E-state index contributed by atoms with van der Waals surface area (Å²) in [6.45, 7) is 1.33. The smallest absolute Gasteiger partial charge is 0.302 e. The molecule has 8 heteroatoms. The Hall–Kier alpha value is -2.16. The Bertz CT molecular complexity index is 874. The molecule has 0 spiro atoms. The van der Waals surface area contributed by atoms with Crippen LogP contribution in [0.25, 0.3) is 0 Å². The molecule has 1 amide bonds. The number of hydrogen-bond donors (Lipinski definition) is 1. The number of carbonyl (C=O) groups is 3. The van der Waals surface area contributed by atoms with Crippen molar-refractivity contribution in [2.45, 2.75) is 35.8 Å². The van der Waals surface area contributed by atoms with Crippen LogP contribution in [0.3, 0.4) is 0 Å². The van der Waals surface area contributed by atoms with E-state index in [0.29, 0.717) is 5.56 Å². The lowest BCUT2D eigenvalue weighted by atomic mass is 10.1. The molecule has 152 valence electrons. The fraction of sp³-hybridized carbons (Fsp3) is 0.286. The molecule has 1 N–H and O–H groups in total. The number of benzene rings is 2. The van der Waals surface area contributed by atoms with Crippen LogP contribution in [0.4, 0.5) is 0 Å². The Morgan fingerprint density at radius 2 is 1.86 bits per heavy atom. The van der Waals surface area contributed by atoms with Crippen molar-refractivity contribution in [1.82, 2.24) is 5.32 Å². The second kappa shape index (κ2) is 10.0. The highest BCUT2D eigenvalue weighted by Gasteiger charge is 2.39. The van der Waals surface area contributed by atoms with Crippen molar-refractivity contribution in [3.05, 3.63) is 64.6 Å². The van der Waals surface area contributed by atoms with Gasteiger partial charge in [0.05, 0.1) is 0 Å². The summed E-state index contributed by atoms with van der Waals surface area (Å²) >= 11 is 4.88. The van der Waals surface area contributed by atoms with Crippen LogP contribution < -0.4 is 5.32 Å². The molecule has 1 aliphatic heterocycles. The SMILES string of the molecule is CC(=O)OC[C@H]1O[C@@H](NC(=O)c2ccccc2)C(=O)CC1Sc1ccc(Br)cc1. The van der Waals surface area contributed by atoms with E-state index in [1.807, 2.05) is 24.3 Å². The quantitative estimate of drug-likeness (QED) is 0.640. The minimum atomic E-state index is -1.08. The van der Waals surface area contributed by atoms with E-state index in [2.05, 4.69) is 21.2 Å². The van der Waals surface area contributed by atoms with Crippen molar-refractivity contribution in [3.8, 4) is 0 Å². The zero-order valence-corrected chi connectivity index (χ0v) is 18.1. The number of amides is 1. The second-order valence-corrected chi connectivity index (χ2v) is 8.71. The normalized spacial score (nSPS) is 21.4. The van der Waals surface area contributed by atoms with Gasteiger partial charge in [0.25, 0.3) is 5.91 Å². The molecule has 1 fully saturated rings. The molecule has 29 heavy (non-hydrogen) atoms. The van der Waals surface area contributed by atoms with Gasteiger partial charge < -0.3 is 14.8 Å². The summed E-state index contributed by atoms with van der Waals surface area (Å²) in [5, 5.41) is 2.39. The minimum absolute atomic E-state index is 0.00845. The van der Waals surface area contributed by atoms with Gasteiger partial charge in [-0.1, -0.05) is 34.1 Å². The van der Waals surface area contributed by atoms with E-state index in [1.54, 1.807) is 30.3 Å². The molecule has 0 aromatic heterocycles. The fourth-order valence-electron chi connectivity index (χ4n) is 2.83. The molecule has 3 rings (SSSR count). The maximum atomic E-state index is 12.6. The Balaban J connectivity index is 1.70. The average Bonchev–Trinajstić information content (AvgIpc) is 2.71. The first kappa shape index (κ1) is 21.5. The molecule has 2 aromatic carbocycles. The minimum Gasteiger partial charge on any atom is -0.463 e. The average molecular weight is 478 g/mol. The monoisotopic (exact) mass is 477 g/mol. The third-order valence-electron chi connectivity index (χ3n) is 4.27. The van der Waals surface area contributed by atoms with Crippen molar-refractivity contribution in [3.63, 3.8) is 0 Å². The van der Waals surface area contributed by atoms with Crippen LogP contribution in [0.5, 0.6) is 0 Å². The number of thioether (sulfide) groups is 1. The van der Waals surface area contributed by atoms with Gasteiger partial charge in [0.2, 0.25) is 0 Å². The summed E-state index contributed by atoms with van der Waals surface area (Å²) in [5.41, 5.74) is 0.437. The summed E-state index contributed by atoms with van der Waals surface area (Å²) in [5.74, 6) is -1.04. The van der Waals surface area contributed by atoms with Crippen LogP contribution in [0.1, 0.15) is 23.7 Å². The predicted molar refractivity (Wildman–Crippen MR) is 113 cm³/mol. The molecule has 2 aromatic rings. The van der Waals surface area contributed by atoms with E-state index in [1.165, 1.54) is 18.7 Å². The van der Waals surface area contributed by atoms with Crippen LogP contribution in [-0.4, -0.2) is 41.8 Å². The third-order valence-corrected chi connectivity index (χ3v) is 6.12. The Kier molecular flexibility index (Phi) is 7.46. The number of esters is 1. The maximum absolute atomic E-state index is 12.6. The Labute approximate surface area is 181 Å². The summed E-state index contributed by atoms with van der Waals surface area (Å²) in [7, 11) is 0. The predicted octanol–water partition coefficient (Wildman–Crippen LogP) is 3.59. The lowest BCUT2D eigenvalue weighted by Crippen LogP contribution is -2.53. The molecule has 1 heterocycles. The second-order valence-electron chi connectivity index (χ2n) is 6.48. The van der Waals surface area contributed by atoms with Crippen molar-refractivity contribution >= 4 is 45.4 Å². The van der Waals surface area contributed by atoms with Crippen molar-refractivity contribution < 1.29 is 23.9 Å². The van der Waals surface area contributed by atoms with Gasteiger partial charge in [0.15, 0.2) is 12.0 Å². The van der Waals surface area contributed by atoms with Gasteiger partial charge in [0.1, 0.15) is 12.7 Å². The van der Waals surface area contributed by atoms with E-state index >= 15 is 0 Å². The van der Waals surface area contributed by atoms with E-state index < -0.39 is 24.2 Å². The molecular weight excluding hydrogens is 458 g/mol.